The number of pyridine rings is 2. The van der Waals surface area contributed by atoms with Gasteiger partial charge in [-0.2, -0.15) is 0 Å². The molecule has 3 aromatic carbocycles. The van der Waals surface area contributed by atoms with Crippen molar-refractivity contribution in [1.82, 2.24) is 25.4 Å². The van der Waals surface area contributed by atoms with Gasteiger partial charge in [0.05, 0.1) is 0 Å². The van der Waals surface area contributed by atoms with E-state index in [0.29, 0.717) is 5.69 Å². The van der Waals surface area contributed by atoms with E-state index >= 15 is 0 Å². The molecule has 0 atom stereocenters. The van der Waals surface area contributed by atoms with Crippen LogP contribution in [0.15, 0.2) is 116 Å². The molecule has 0 saturated heterocycles. The summed E-state index contributed by atoms with van der Waals surface area (Å²) < 4.78 is 2.76. The summed E-state index contributed by atoms with van der Waals surface area (Å²) in [5, 5.41) is 15.0. The van der Waals surface area contributed by atoms with Gasteiger partial charge in [-0.15, -0.1) is 0 Å². The van der Waals surface area contributed by atoms with Crippen LogP contribution in [0.25, 0.3) is 64.2 Å². The number of fused-ring (bicyclic) bond motifs is 3. The molecule has 0 aliphatic carbocycles. The summed E-state index contributed by atoms with van der Waals surface area (Å²) in [7, 11) is 0. The van der Waals surface area contributed by atoms with Crippen LogP contribution in [0.4, 0.5) is 0 Å². The Labute approximate surface area is 219 Å². The third kappa shape index (κ3) is 3.75. The van der Waals surface area contributed by atoms with E-state index in [1.54, 1.807) is 6.20 Å². The van der Waals surface area contributed by atoms with Crippen molar-refractivity contribution in [2.24, 2.45) is 0 Å². The molecule has 37 heavy (non-hydrogen) atoms. The molecule has 0 unspecified atom stereocenters. The van der Waals surface area contributed by atoms with Crippen molar-refractivity contribution < 1.29 is 0 Å². The molecule has 0 aliphatic heterocycles. The SMILES string of the molecule is c1ccc(-c2cnc(-c3cccc4[se]c5ccccc5c34)c(-c3ccnnn3)c2-c2ccccn2)cc1. The molecular weight excluding hydrogens is 521 g/mol. The average molecular weight is 540 g/mol. The summed E-state index contributed by atoms with van der Waals surface area (Å²) in [5.41, 5.74) is 7.47. The Kier molecular flexibility index (Phi) is 5.39. The van der Waals surface area contributed by atoms with Gasteiger partial charge in [-0.1, -0.05) is 0 Å². The Morgan fingerprint density at radius 1 is 0.568 bits per heavy atom. The zero-order valence-corrected chi connectivity index (χ0v) is 21.3. The Morgan fingerprint density at radius 2 is 1.41 bits per heavy atom. The van der Waals surface area contributed by atoms with Gasteiger partial charge in [0.2, 0.25) is 0 Å². The van der Waals surface area contributed by atoms with Crippen molar-refractivity contribution in [3.63, 3.8) is 0 Å². The van der Waals surface area contributed by atoms with E-state index in [0.717, 1.165) is 39.2 Å². The molecule has 0 N–H and O–H groups in total. The monoisotopic (exact) mass is 541 g/mol. The Bertz CT molecular complexity index is 1870. The van der Waals surface area contributed by atoms with Crippen molar-refractivity contribution in [3.8, 4) is 44.9 Å². The summed E-state index contributed by atoms with van der Waals surface area (Å²) in [4.78, 5) is 9.91. The number of hydrogen-bond acceptors (Lipinski definition) is 5. The molecule has 0 radical (unpaired) electrons. The zero-order valence-electron chi connectivity index (χ0n) is 19.6. The fraction of sp³-hybridized carbons (Fsp3) is 0. The molecule has 7 rings (SSSR count). The van der Waals surface area contributed by atoms with Gasteiger partial charge < -0.3 is 0 Å². The molecule has 7 aromatic rings. The Morgan fingerprint density at radius 3 is 2.24 bits per heavy atom. The summed E-state index contributed by atoms with van der Waals surface area (Å²) in [6, 6.07) is 33.4. The van der Waals surface area contributed by atoms with Crippen molar-refractivity contribution in [1.29, 1.82) is 0 Å². The third-order valence-electron chi connectivity index (χ3n) is 6.50. The first-order valence-corrected chi connectivity index (χ1v) is 13.6. The minimum absolute atomic E-state index is 0.256. The van der Waals surface area contributed by atoms with E-state index < -0.39 is 0 Å². The van der Waals surface area contributed by atoms with E-state index in [-0.39, 0.29) is 14.5 Å². The predicted octanol–water partition coefficient (Wildman–Crippen LogP) is 6.69. The average Bonchev–Trinajstić information content (AvgIpc) is 3.37. The van der Waals surface area contributed by atoms with Crippen LogP contribution in [0, 0.1) is 0 Å². The van der Waals surface area contributed by atoms with Gasteiger partial charge in [0.25, 0.3) is 0 Å². The van der Waals surface area contributed by atoms with Crippen LogP contribution in [-0.4, -0.2) is 39.9 Å². The third-order valence-corrected chi connectivity index (χ3v) is 8.89. The second kappa shape index (κ2) is 9.17. The van der Waals surface area contributed by atoms with Crippen LogP contribution in [0.3, 0.4) is 0 Å². The van der Waals surface area contributed by atoms with E-state index in [1.807, 2.05) is 54.9 Å². The van der Waals surface area contributed by atoms with Gasteiger partial charge in [0, 0.05) is 0 Å². The molecular formula is C31H19N5Se. The number of benzene rings is 3. The van der Waals surface area contributed by atoms with E-state index in [9.17, 15) is 0 Å². The summed E-state index contributed by atoms with van der Waals surface area (Å²) >= 11 is 0.256. The molecule has 5 nitrogen and oxygen atoms in total. The predicted molar refractivity (Wildman–Crippen MR) is 149 cm³/mol. The molecule has 0 saturated carbocycles. The molecule has 0 aliphatic rings. The number of aromatic nitrogens is 5. The molecule has 6 heteroatoms. The van der Waals surface area contributed by atoms with E-state index in [4.69, 9.17) is 9.97 Å². The fourth-order valence-corrected chi connectivity index (χ4v) is 7.30. The zero-order chi connectivity index (χ0) is 24.6. The molecule has 0 bridgehead atoms. The first-order valence-electron chi connectivity index (χ1n) is 11.9. The van der Waals surface area contributed by atoms with Crippen LogP contribution in [0.1, 0.15) is 0 Å². The number of rotatable bonds is 4. The molecule has 4 heterocycles. The van der Waals surface area contributed by atoms with Gasteiger partial charge in [0.1, 0.15) is 0 Å². The molecule has 0 fully saturated rings. The fourth-order valence-electron chi connectivity index (χ4n) is 4.92. The summed E-state index contributed by atoms with van der Waals surface area (Å²) in [5.74, 6) is 0. The molecule has 0 spiro atoms. The van der Waals surface area contributed by atoms with Crippen molar-refractivity contribution in [2.75, 3.05) is 0 Å². The van der Waals surface area contributed by atoms with Crippen LogP contribution in [-0.2, 0) is 0 Å². The summed E-state index contributed by atoms with van der Waals surface area (Å²) in [6.07, 6.45) is 5.47. The van der Waals surface area contributed by atoms with Crippen molar-refractivity contribution in [2.45, 2.75) is 0 Å². The molecule has 4 aromatic heterocycles. The first kappa shape index (κ1) is 21.7. The van der Waals surface area contributed by atoms with Gasteiger partial charge in [0.15, 0.2) is 0 Å². The quantitative estimate of drug-likeness (QED) is 0.233. The second-order valence-electron chi connectivity index (χ2n) is 8.63. The van der Waals surface area contributed by atoms with Gasteiger partial charge in [-0.25, -0.2) is 0 Å². The second-order valence-corrected chi connectivity index (χ2v) is 10.9. The number of hydrogen-bond donors (Lipinski definition) is 0. The first-order chi connectivity index (χ1) is 18.4. The van der Waals surface area contributed by atoms with Gasteiger partial charge in [-0.05, 0) is 0 Å². The van der Waals surface area contributed by atoms with Crippen LogP contribution >= 0.6 is 0 Å². The summed E-state index contributed by atoms with van der Waals surface area (Å²) in [6.45, 7) is 0. The molecule has 0 amide bonds. The Balaban J connectivity index is 1.64. The van der Waals surface area contributed by atoms with Crippen molar-refractivity contribution >= 4 is 33.8 Å². The Hall–Kier alpha value is -4.51. The minimum atomic E-state index is 0.256. The van der Waals surface area contributed by atoms with Crippen LogP contribution in [0.2, 0.25) is 0 Å². The normalized spacial score (nSPS) is 11.2. The van der Waals surface area contributed by atoms with Gasteiger partial charge in [-0.3, -0.25) is 0 Å². The number of nitrogens with zero attached hydrogens (tertiary/aromatic N) is 5. The van der Waals surface area contributed by atoms with Crippen LogP contribution in [0.5, 0.6) is 0 Å². The maximum absolute atomic E-state index is 5.13. The van der Waals surface area contributed by atoms with Crippen LogP contribution < -0.4 is 0 Å². The topological polar surface area (TPSA) is 64.5 Å². The van der Waals surface area contributed by atoms with Gasteiger partial charge >= 0.3 is 220 Å². The standard InChI is InChI=1S/C31H19N5Se/c1-2-9-20(10-3-1)23-19-33-31(22-12-8-15-27-28(22)21-11-4-5-14-26(21)37-27)30(25-16-18-34-36-35-25)29(23)24-13-6-7-17-32-24/h1-19H. The molecule has 174 valence electrons. The van der Waals surface area contributed by atoms with E-state index in [2.05, 4.69) is 70.0 Å². The van der Waals surface area contributed by atoms with E-state index in [1.165, 1.54) is 19.3 Å². The van der Waals surface area contributed by atoms with Crippen molar-refractivity contribution in [3.05, 3.63) is 116 Å². The maximum atomic E-state index is 5.13.